The largest absolute Gasteiger partial charge is 0.308 e. The molecule has 110 valence electrons. The van der Waals surface area contributed by atoms with Gasteiger partial charge in [-0.15, -0.1) is 0 Å². The van der Waals surface area contributed by atoms with Crippen LogP contribution in [0.25, 0.3) is 5.65 Å². The zero-order chi connectivity index (χ0) is 14.9. The van der Waals surface area contributed by atoms with Crippen molar-refractivity contribution in [1.29, 1.82) is 0 Å². The van der Waals surface area contributed by atoms with Gasteiger partial charge in [-0.2, -0.15) is 5.10 Å². The molecule has 0 saturated carbocycles. The van der Waals surface area contributed by atoms with Crippen LogP contribution in [0.15, 0.2) is 12.3 Å². The van der Waals surface area contributed by atoms with Crippen molar-refractivity contribution in [2.45, 2.75) is 39.8 Å². The molecule has 5 heteroatoms. The molecule has 0 aliphatic carbocycles. The summed E-state index contributed by atoms with van der Waals surface area (Å²) < 4.78 is 1.93. The third kappa shape index (κ3) is 3.16. The summed E-state index contributed by atoms with van der Waals surface area (Å²) in [6, 6.07) is 2.68. The quantitative estimate of drug-likeness (QED) is 0.906. The molecule has 2 atom stereocenters. The number of hydrogen-bond donors (Lipinski definition) is 1. The van der Waals surface area contributed by atoms with E-state index in [-0.39, 0.29) is 6.04 Å². The molecular formula is C15H25N5. The summed E-state index contributed by atoms with van der Waals surface area (Å²) in [5.41, 5.74) is 4.27. The Morgan fingerprint density at radius 3 is 2.65 bits per heavy atom. The zero-order valence-corrected chi connectivity index (χ0v) is 13.3. The molecule has 2 aromatic rings. The van der Waals surface area contributed by atoms with Gasteiger partial charge in [0.2, 0.25) is 0 Å². The molecule has 0 aromatic carbocycles. The van der Waals surface area contributed by atoms with Crippen LogP contribution in [0.3, 0.4) is 0 Å². The Bertz CT molecular complexity index is 587. The van der Waals surface area contributed by atoms with Gasteiger partial charge in [0.25, 0.3) is 0 Å². The first-order chi connectivity index (χ1) is 9.38. The minimum atomic E-state index is 0.256. The van der Waals surface area contributed by atoms with E-state index >= 15 is 0 Å². The lowest BCUT2D eigenvalue weighted by molar-refractivity contribution is 0.334. The summed E-state index contributed by atoms with van der Waals surface area (Å²) in [5, 5.41) is 8.12. The molecule has 0 fully saturated rings. The van der Waals surface area contributed by atoms with E-state index in [1.807, 2.05) is 23.7 Å². The molecule has 0 saturated heterocycles. The van der Waals surface area contributed by atoms with Crippen LogP contribution in [0, 0.1) is 13.8 Å². The maximum Gasteiger partial charge on any atom is 0.155 e. The average molecular weight is 275 g/mol. The number of rotatable bonds is 5. The number of likely N-dealkylation sites (N-methyl/N-ethyl adjacent to an activating group) is 1. The molecular weight excluding hydrogens is 250 g/mol. The van der Waals surface area contributed by atoms with Crippen LogP contribution >= 0.6 is 0 Å². The normalized spacial score (nSPS) is 14.9. The van der Waals surface area contributed by atoms with Crippen molar-refractivity contribution in [1.82, 2.24) is 24.8 Å². The maximum absolute atomic E-state index is 4.50. The Kier molecular flexibility index (Phi) is 4.40. The summed E-state index contributed by atoms with van der Waals surface area (Å²) in [4.78, 5) is 6.69. The van der Waals surface area contributed by atoms with E-state index in [0.717, 1.165) is 23.6 Å². The monoisotopic (exact) mass is 275 g/mol. The molecule has 0 aliphatic heterocycles. The van der Waals surface area contributed by atoms with E-state index < -0.39 is 0 Å². The van der Waals surface area contributed by atoms with Gasteiger partial charge in [-0.05, 0) is 41.8 Å². The highest BCUT2D eigenvalue weighted by atomic mass is 15.3. The van der Waals surface area contributed by atoms with E-state index in [2.05, 4.69) is 55.2 Å². The van der Waals surface area contributed by atoms with Gasteiger partial charge in [-0.25, -0.2) is 9.50 Å². The Balaban J connectivity index is 2.21. The van der Waals surface area contributed by atoms with Crippen molar-refractivity contribution in [2.24, 2.45) is 0 Å². The van der Waals surface area contributed by atoms with Crippen LogP contribution in [0.2, 0.25) is 0 Å². The second kappa shape index (κ2) is 5.89. The molecule has 0 aliphatic rings. The van der Waals surface area contributed by atoms with E-state index in [9.17, 15) is 0 Å². The highest BCUT2D eigenvalue weighted by Crippen LogP contribution is 2.18. The smallest absolute Gasteiger partial charge is 0.155 e. The van der Waals surface area contributed by atoms with Gasteiger partial charge in [0, 0.05) is 42.1 Å². The Hall–Kier alpha value is -1.46. The molecule has 2 heterocycles. The van der Waals surface area contributed by atoms with Crippen molar-refractivity contribution < 1.29 is 0 Å². The van der Waals surface area contributed by atoms with Gasteiger partial charge in [0.15, 0.2) is 5.65 Å². The first-order valence-corrected chi connectivity index (χ1v) is 7.11. The molecule has 1 N–H and O–H groups in total. The molecule has 0 bridgehead atoms. The summed E-state index contributed by atoms with van der Waals surface area (Å²) in [5.74, 6) is 0. The topological polar surface area (TPSA) is 45.5 Å². The second-order valence-electron chi connectivity index (χ2n) is 5.91. The molecule has 0 amide bonds. The van der Waals surface area contributed by atoms with Gasteiger partial charge < -0.3 is 10.2 Å². The fourth-order valence-corrected chi connectivity index (χ4v) is 2.72. The molecule has 2 rings (SSSR count). The van der Waals surface area contributed by atoms with E-state index in [0.29, 0.717) is 6.04 Å². The maximum atomic E-state index is 4.50. The lowest BCUT2D eigenvalue weighted by Gasteiger charge is -2.24. The fourth-order valence-electron chi connectivity index (χ4n) is 2.72. The van der Waals surface area contributed by atoms with E-state index in [4.69, 9.17) is 0 Å². The van der Waals surface area contributed by atoms with Crippen LogP contribution in [0.4, 0.5) is 0 Å². The molecule has 2 unspecified atom stereocenters. The van der Waals surface area contributed by atoms with Crippen molar-refractivity contribution in [3.63, 3.8) is 0 Å². The Morgan fingerprint density at radius 1 is 1.30 bits per heavy atom. The number of aromatic nitrogens is 3. The Labute approximate surface area is 121 Å². The number of fused-ring (bicyclic) bond motifs is 1. The van der Waals surface area contributed by atoms with Crippen LogP contribution in [-0.2, 0) is 0 Å². The van der Waals surface area contributed by atoms with Crippen LogP contribution < -0.4 is 5.32 Å². The van der Waals surface area contributed by atoms with E-state index in [1.54, 1.807) is 0 Å². The molecule has 20 heavy (non-hydrogen) atoms. The zero-order valence-electron chi connectivity index (χ0n) is 13.3. The molecule has 0 spiro atoms. The predicted molar refractivity (Wildman–Crippen MR) is 82.0 cm³/mol. The standard InChI is InChI=1S/C15H25N5/c1-10-7-15-16-8-14(13(4)20(15)18-10)12(3)17-11(2)9-19(5)6/h7-8,11-12,17H,9H2,1-6H3. The van der Waals surface area contributed by atoms with Crippen molar-refractivity contribution >= 4 is 5.65 Å². The first kappa shape index (κ1) is 14.9. The number of nitrogens with one attached hydrogen (secondary N) is 1. The minimum Gasteiger partial charge on any atom is -0.308 e. The van der Waals surface area contributed by atoms with Gasteiger partial charge in [0.1, 0.15) is 0 Å². The van der Waals surface area contributed by atoms with Crippen LogP contribution in [0.1, 0.15) is 36.8 Å². The van der Waals surface area contributed by atoms with Crippen LogP contribution in [-0.4, -0.2) is 46.2 Å². The lowest BCUT2D eigenvalue weighted by atomic mass is 10.1. The minimum absolute atomic E-state index is 0.256. The predicted octanol–water partition coefficient (Wildman–Crippen LogP) is 1.95. The van der Waals surface area contributed by atoms with Crippen LogP contribution in [0.5, 0.6) is 0 Å². The molecule has 5 nitrogen and oxygen atoms in total. The van der Waals surface area contributed by atoms with Crippen molar-refractivity contribution in [3.05, 3.63) is 29.2 Å². The first-order valence-electron chi connectivity index (χ1n) is 7.11. The number of nitrogens with zero attached hydrogens (tertiary/aromatic N) is 4. The Morgan fingerprint density at radius 2 is 2.00 bits per heavy atom. The highest BCUT2D eigenvalue weighted by molar-refractivity contribution is 5.42. The number of hydrogen-bond acceptors (Lipinski definition) is 4. The van der Waals surface area contributed by atoms with Gasteiger partial charge in [-0.3, -0.25) is 0 Å². The fraction of sp³-hybridized carbons (Fsp3) is 0.600. The summed E-state index contributed by atoms with van der Waals surface area (Å²) >= 11 is 0. The molecule has 2 aromatic heterocycles. The lowest BCUT2D eigenvalue weighted by Crippen LogP contribution is -2.37. The third-order valence-corrected chi connectivity index (χ3v) is 3.52. The highest BCUT2D eigenvalue weighted by Gasteiger charge is 2.15. The summed E-state index contributed by atoms with van der Waals surface area (Å²) in [6.45, 7) is 9.49. The average Bonchev–Trinajstić information content (AvgIpc) is 2.69. The molecule has 0 radical (unpaired) electrons. The van der Waals surface area contributed by atoms with Gasteiger partial charge in [-0.1, -0.05) is 0 Å². The second-order valence-corrected chi connectivity index (χ2v) is 5.91. The van der Waals surface area contributed by atoms with E-state index in [1.165, 1.54) is 5.56 Å². The third-order valence-electron chi connectivity index (χ3n) is 3.52. The van der Waals surface area contributed by atoms with Gasteiger partial charge >= 0.3 is 0 Å². The SMILES string of the molecule is Cc1cc2ncc(C(C)NC(C)CN(C)C)c(C)n2n1. The van der Waals surface area contributed by atoms with Crippen molar-refractivity contribution in [3.8, 4) is 0 Å². The number of aryl methyl sites for hydroxylation is 2. The summed E-state index contributed by atoms with van der Waals surface area (Å²) in [7, 11) is 4.18. The van der Waals surface area contributed by atoms with Crippen molar-refractivity contribution in [2.75, 3.05) is 20.6 Å². The van der Waals surface area contributed by atoms with Gasteiger partial charge in [0.05, 0.1) is 5.69 Å². The summed E-state index contributed by atoms with van der Waals surface area (Å²) in [6.07, 6.45) is 1.96.